The molecule has 2 aromatic rings. The third-order valence-electron chi connectivity index (χ3n) is 7.87. The van der Waals surface area contributed by atoms with Crippen molar-refractivity contribution < 1.29 is 79.2 Å². The van der Waals surface area contributed by atoms with Crippen LogP contribution in [0.15, 0.2) is 24.3 Å². The molecule has 0 amide bonds. The van der Waals surface area contributed by atoms with Crippen LogP contribution in [-0.4, -0.2) is 126 Å². The molecule has 2 fully saturated rings. The predicted molar refractivity (Wildman–Crippen MR) is 142 cm³/mol. The van der Waals surface area contributed by atoms with Gasteiger partial charge in [0, 0.05) is 17.7 Å². The standard InChI is InChI=1S/C28H34O16/c1-8-17(33)20(36)21(37)27(40-8)43-25-18(34)9(2)41-28(22(25)38)44-26-19(35)16-12(30)6-11(29)7-15(16)42-23(26)10-4-13(31)24(39-3)14(32)5-10/h4-9,17-18,20-23,25-34,36-38H,1-3H3/t8-,9-,17-,18-,20+,21-,22-,23+,25+,26-,27+,28+/m0/s1. The summed E-state index contributed by atoms with van der Waals surface area (Å²) in [6.07, 6.45) is -18.5. The van der Waals surface area contributed by atoms with Gasteiger partial charge in [0.15, 0.2) is 36.3 Å². The van der Waals surface area contributed by atoms with Gasteiger partial charge in [-0.05, 0) is 26.0 Å². The van der Waals surface area contributed by atoms with Crippen molar-refractivity contribution in [3.63, 3.8) is 0 Å². The van der Waals surface area contributed by atoms with Gasteiger partial charge in [-0.2, -0.15) is 0 Å². The fraction of sp³-hybridized carbons (Fsp3) is 0.536. The number of benzene rings is 2. The molecule has 0 unspecified atom stereocenters. The van der Waals surface area contributed by atoms with Gasteiger partial charge in [0.2, 0.25) is 11.5 Å². The van der Waals surface area contributed by atoms with Crippen molar-refractivity contribution in [2.75, 3.05) is 7.11 Å². The maximum Gasteiger partial charge on any atom is 0.203 e. The number of phenolic OH excluding ortho intramolecular Hbond substituents is 4. The van der Waals surface area contributed by atoms with Crippen LogP contribution in [0.1, 0.15) is 35.9 Å². The van der Waals surface area contributed by atoms with Crippen molar-refractivity contribution in [1.29, 1.82) is 0 Å². The van der Waals surface area contributed by atoms with Crippen molar-refractivity contribution in [1.82, 2.24) is 0 Å². The number of carbonyl (C=O) groups excluding carboxylic acids is 1. The van der Waals surface area contributed by atoms with Crippen LogP contribution in [0.2, 0.25) is 0 Å². The van der Waals surface area contributed by atoms with Crippen LogP contribution >= 0.6 is 0 Å². The number of aliphatic hydroxyl groups excluding tert-OH is 5. The lowest BCUT2D eigenvalue weighted by molar-refractivity contribution is -0.357. The Balaban J connectivity index is 1.48. The smallest absolute Gasteiger partial charge is 0.203 e. The second-order valence-corrected chi connectivity index (χ2v) is 10.9. The van der Waals surface area contributed by atoms with Crippen molar-refractivity contribution in [2.24, 2.45) is 0 Å². The second-order valence-electron chi connectivity index (χ2n) is 10.9. The van der Waals surface area contributed by atoms with E-state index in [0.29, 0.717) is 0 Å². The lowest BCUT2D eigenvalue weighted by atomic mass is 9.91. The van der Waals surface area contributed by atoms with E-state index >= 15 is 0 Å². The quantitative estimate of drug-likeness (QED) is 0.184. The zero-order chi connectivity index (χ0) is 32.2. The van der Waals surface area contributed by atoms with E-state index in [0.717, 1.165) is 24.3 Å². The molecule has 12 atom stereocenters. The highest BCUT2D eigenvalue weighted by atomic mass is 16.7. The van der Waals surface area contributed by atoms with Gasteiger partial charge in [0.1, 0.15) is 59.4 Å². The Labute approximate surface area is 249 Å². The monoisotopic (exact) mass is 626 g/mol. The number of ether oxygens (including phenoxy) is 6. The van der Waals surface area contributed by atoms with Crippen LogP contribution in [0, 0.1) is 0 Å². The molecule has 2 saturated heterocycles. The van der Waals surface area contributed by atoms with Gasteiger partial charge in [0.25, 0.3) is 0 Å². The molecule has 5 rings (SSSR count). The number of aliphatic hydroxyl groups is 5. The number of phenols is 4. The van der Waals surface area contributed by atoms with Gasteiger partial charge >= 0.3 is 0 Å². The van der Waals surface area contributed by atoms with Crippen molar-refractivity contribution in [3.8, 4) is 34.5 Å². The Morgan fingerprint density at radius 1 is 0.705 bits per heavy atom. The summed E-state index contributed by atoms with van der Waals surface area (Å²) in [6, 6.07) is 4.22. The third kappa shape index (κ3) is 5.60. The molecule has 0 radical (unpaired) electrons. The molecule has 3 aliphatic rings. The van der Waals surface area contributed by atoms with E-state index in [4.69, 9.17) is 28.4 Å². The highest BCUT2D eigenvalue weighted by molar-refractivity contribution is 6.05. The largest absolute Gasteiger partial charge is 0.508 e. The molecule has 0 bridgehead atoms. The predicted octanol–water partition coefficient (Wildman–Crippen LogP) is -1.10. The van der Waals surface area contributed by atoms with E-state index in [1.54, 1.807) is 0 Å². The molecule has 9 N–H and O–H groups in total. The number of ketones is 1. The lowest BCUT2D eigenvalue weighted by Crippen LogP contribution is -2.64. The number of Topliss-reactive ketones (excluding diaryl/α,β-unsaturated/α-hetero) is 1. The van der Waals surface area contributed by atoms with Crippen LogP contribution in [-0.2, 0) is 18.9 Å². The van der Waals surface area contributed by atoms with Crippen molar-refractivity contribution in [3.05, 3.63) is 35.4 Å². The molecule has 2 aromatic carbocycles. The minimum absolute atomic E-state index is 0.0147. The molecule has 0 aliphatic carbocycles. The number of methoxy groups -OCH3 is 1. The van der Waals surface area contributed by atoms with E-state index in [9.17, 15) is 50.8 Å². The first-order chi connectivity index (χ1) is 20.7. The van der Waals surface area contributed by atoms with Crippen molar-refractivity contribution in [2.45, 2.75) is 87.5 Å². The van der Waals surface area contributed by atoms with Crippen LogP contribution in [0.25, 0.3) is 0 Å². The van der Waals surface area contributed by atoms with E-state index in [2.05, 4.69) is 0 Å². The number of fused-ring (bicyclic) bond motifs is 1. The first-order valence-electron chi connectivity index (χ1n) is 13.6. The Morgan fingerprint density at radius 3 is 1.91 bits per heavy atom. The summed E-state index contributed by atoms with van der Waals surface area (Å²) in [7, 11) is 1.21. The molecular weight excluding hydrogens is 592 g/mol. The Hall–Kier alpha value is -3.45. The van der Waals surface area contributed by atoms with Crippen LogP contribution < -0.4 is 9.47 Å². The normalized spacial score (nSPS) is 37.2. The zero-order valence-electron chi connectivity index (χ0n) is 23.6. The maximum atomic E-state index is 13.8. The third-order valence-corrected chi connectivity index (χ3v) is 7.87. The summed E-state index contributed by atoms with van der Waals surface area (Å²) in [5, 5.41) is 93.8. The SMILES string of the molecule is COc1c(O)cc([C@H]2Oc3cc(O)cc(O)c3C(=O)[C@@H]2O[C@H]2O[C@@H](C)[C@H](O)[C@@H](O[C@H]3O[C@@H](C)[C@H](O)[C@@H](O)[C@@H]3O)[C@@H]2O)cc1O. The molecule has 44 heavy (non-hydrogen) atoms. The van der Waals surface area contributed by atoms with Gasteiger partial charge < -0.3 is 74.4 Å². The number of rotatable bonds is 6. The molecule has 0 saturated carbocycles. The van der Waals surface area contributed by atoms with Crippen LogP contribution in [0.5, 0.6) is 34.5 Å². The highest BCUT2D eigenvalue weighted by Crippen LogP contribution is 2.46. The zero-order valence-corrected chi connectivity index (χ0v) is 23.6. The maximum absolute atomic E-state index is 13.8. The number of hydrogen-bond donors (Lipinski definition) is 9. The highest BCUT2D eigenvalue weighted by Gasteiger charge is 2.52. The molecule has 3 aliphatic heterocycles. The first-order valence-corrected chi connectivity index (χ1v) is 13.6. The molecule has 16 heteroatoms. The minimum atomic E-state index is -1.86. The van der Waals surface area contributed by atoms with Gasteiger partial charge in [0.05, 0.1) is 19.3 Å². The summed E-state index contributed by atoms with van der Waals surface area (Å²) in [4.78, 5) is 13.8. The first kappa shape index (κ1) is 32.0. The van der Waals surface area contributed by atoms with Crippen molar-refractivity contribution >= 4 is 5.78 Å². The molecular formula is C28H34O16. The summed E-state index contributed by atoms with van der Waals surface area (Å²) in [6.45, 7) is 2.82. The summed E-state index contributed by atoms with van der Waals surface area (Å²) in [5.74, 6) is -3.53. The molecule has 3 heterocycles. The van der Waals surface area contributed by atoms with E-state index in [1.807, 2.05) is 0 Å². The van der Waals surface area contributed by atoms with E-state index in [1.165, 1.54) is 21.0 Å². The second kappa shape index (κ2) is 12.2. The molecule has 0 spiro atoms. The molecule has 242 valence electrons. The average Bonchev–Trinajstić information content (AvgIpc) is 2.95. The minimum Gasteiger partial charge on any atom is -0.508 e. The Morgan fingerprint density at radius 2 is 1.30 bits per heavy atom. The fourth-order valence-electron chi connectivity index (χ4n) is 5.47. The van der Waals surface area contributed by atoms with Gasteiger partial charge in [-0.15, -0.1) is 0 Å². The number of carbonyl (C=O) groups is 1. The number of hydrogen-bond acceptors (Lipinski definition) is 16. The van der Waals surface area contributed by atoms with Crippen LogP contribution in [0.3, 0.4) is 0 Å². The Bertz CT molecular complexity index is 1360. The van der Waals surface area contributed by atoms with Gasteiger partial charge in [-0.25, -0.2) is 0 Å². The van der Waals surface area contributed by atoms with Gasteiger partial charge in [-0.3, -0.25) is 4.79 Å². The van der Waals surface area contributed by atoms with E-state index < -0.39 is 102 Å². The number of aromatic hydroxyl groups is 4. The Kier molecular flexibility index (Phi) is 8.83. The molecule has 0 aromatic heterocycles. The van der Waals surface area contributed by atoms with Crippen LogP contribution in [0.4, 0.5) is 0 Å². The topological polar surface area (TPSA) is 255 Å². The fourth-order valence-corrected chi connectivity index (χ4v) is 5.47. The summed E-state index contributed by atoms with van der Waals surface area (Å²) < 4.78 is 33.5. The van der Waals surface area contributed by atoms with Gasteiger partial charge in [-0.1, -0.05) is 0 Å². The lowest BCUT2D eigenvalue weighted by Gasteiger charge is -2.46. The summed E-state index contributed by atoms with van der Waals surface area (Å²) >= 11 is 0. The average molecular weight is 627 g/mol. The summed E-state index contributed by atoms with van der Waals surface area (Å²) in [5.41, 5.74) is -0.392. The van der Waals surface area contributed by atoms with E-state index in [-0.39, 0.29) is 22.6 Å². The molecule has 16 nitrogen and oxygen atoms in total.